The molecule has 1 unspecified atom stereocenters. The van der Waals surface area contributed by atoms with E-state index in [0.29, 0.717) is 4.47 Å². The smallest absolute Gasteiger partial charge is 0.255 e. The van der Waals surface area contributed by atoms with Crippen molar-refractivity contribution in [2.75, 3.05) is 5.43 Å². The molecule has 0 aliphatic carbocycles. The summed E-state index contributed by atoms with van der Waals surface area (Å²) >= 11 is 3.23. The van der Waals surface area contributed by atoms with Crippen molar-refractivity contribution >= 4 is 33.6 Å². The number of hydrogen-bond acceptors (Lipinski definition) is 5. The molecule has 110 valence electrons. The first-order valence-electron chi connectivity index (χ1n) is 6.08. The van der Waals surface area contributed by atoms with Crippen LogP contribution < -0.4 is 21.9 Å². The number of halogens is 1. The molecule has 0 fully saturated rings. The lowest BCUT2D eigenvalue weighted by molar-refractivity contribution is -0.123. The number of hydrazine groups is 1. The van der Waals surface area contributed by atoms with Crippen LogP contribution in [0.1, 0.15) is 31.1 Å². The fraction of sp³-hybridized carbons (Fsp3) is 0.417. The van der Waals surface area contributed by atoms with Gasteiger partial charge in [-0.25, -0.2) is 10.8 Å². The van der Waals surface area contributed by atoms with E-state index < -0.39 is 11.9 Å². The van der Waals surface area contributed by atoms with E-state index in [4.69, 9.17) is 5.84 Å². The molecule has 0 radical (unpaired) electrons. The van der Waals surface area contributed by atoms with Gasteiger partial charge in [-0.05, 0) is 42.8 Å². The van der Waals surface area contributed by atoms with Crippen LogP contribution in [-0.4, -0.2) is 28.9 Å². The van der Waals surface area contributed by atoms with E-state index in [9.17, 15) is 9.59 Å². The third kappa shape index (κ3) is 4.46. The average molecular weight is 344 g/mol. The zero-order chi connectivity index (χ0) is 15.3. The largest absolute Gasteiger partial charge is 0.352 e. The lowest BCUT2D eigenvalue weighted by atomic mass is 10.2. The first-order chi connectivity index (χ1) is 9.35. The highest BCUT2D eigenvalue weighted by atomic mass is 79.9. The van der Waals surface area contributed by atoms with Crippen molar-refractivity contribution in [2.45, 2.75) is 32.9 Å². The molecule has 20 heavy (non-hydrogen) atoms. The zero-order valence-corrected chi connectivity index (χ0v) is 13.1. The third-order valence-electron chi connectivity index (χ3n) is 2.41. The van der Waals surface area contributed by atoms with Crippen LogP contribution in [0.15, 0.2) is 16.7 Å². The second-order valence-electron chi connectivity index (χ2n) is 4.55. The molecule has 1 aromatic rings. The molecule has 1 heterocycles. The molecule has 7 nitrogen and oxygen atoms in total. The van der Waals surface area contributed by atoms with Crippen LogP contribution >= 0.6 is 15.9 Å². The summed E-state index contributed by atoms with van der Waals surface area (Å²) in [4.78, 5) is 27.9. The molecule has 0 saturated carbocycles. The second-order valence-corrected chi connectivity index (χ2v) is 5.47. The van der Waals surface area contributed by atoms with Crippen LogP contribution in [-0.2, 0) is 4.79 Å². The van der Waals surface area contributed by atoms with Gasteiger partial charge in [0, 0.05) is 16.7 Å². The first kappa shape index (κ1) is 16.4. The van der Waals surface area contributed by atoms with E-state index in [1.165, 1.54) is 6.20 Å². The molecule has 1 atom stereocenters. The zero-order valence-electron chi connectivity index (χ0n) is 11.5. The summed E-state index contributed by atoms with van der Waals surface area (Å²) in [5, 5.41) is 5.32. The minimum Gasteiger partial charge on any atom is -0.352 e. The van der Waals surface area contributed by atoms with E-state index in [1.807, 2.05) is 13.8 Å². The fourth-order valence-electron chi connectivity index (χ4n) is 1.48. The number of hydrogen-bond donors (Lipinski definition) is 4. The standard InChI is InChI=1S/C12H18BrN5O2/c1-6(2)16-11(19)7(3)17-12(20)9-4-8(13)5-15-10(9)18-14/h4-7H,14H2,1-3H3,(H,15,18)(H,16,19)(H,17,20). The van der Waals surface area contributed by atoms with Crippen LogP contribution in [0.2, 0.25) is 0 Å². The molecule has 0 bridgehead atoms. The summed E-state index contributed by atoms with van der Waals surface area (Å²) < 4.78 is 0.640. The minimum atomic E-state index is -0.658. The van der Waals surface area contributed by atoms with Crippen LogP contribution in [0.4, 0.5) is 5.82 Å². The van der Waals surface area contributed by atoms with Gasteiger partial charge in [-0.1, -0.05) is 0 Å². The van der Waals surface area contributed by atoms with Crippen molar-refractivity contribution in [1.82, 2.24) is 15.6 Å². The molecular formula is C12H18BrN5O2. The minimum absolute atomic E-state index is 0.00987. The Morgan fingerprint density at radius 2 is 1.95 bits per heavy atom. The molecule has 0 aliphatic rings. The highest BCUT2D eigenvalue weighted by Crippen LogP contribution is 2.17. The number of aromatic nitrogens is 1. The molecule has 8 heteroatoms. The van der Waals surface area contributed by atoms with E-state index in [0.717, 1.165) is 0 Å². The number of nitrogens with zero attached hydrogens (tertiary/aromatic N) is 1. The van der Waals surface area contributed by atoms with Gasteiger partial charge >= 0.3 is 0 Å². The van der Waals surface area contributed by atoms with Gasteiger partial charge in [0.25, 0.3) is 5.91 Å². The molecule has 1 rings (SSSR count). The molecule has 1 aromatic heterocycles. The summed E-state index contributed by atoms with van der Waals surface area (Å²) in [6.45, 7) is 5.30. The number of nitrogens with two attached hydrogens (primary N) is 1. The molecule has 2 amide bonds. The van der Waals surface area contributed by atoms with Gasteiger partial charge in [-0.3, -0.25) is 9.59 Å². The van der Waals surface area contributed by atoms with Crippen molar-refractivity contribution in [2.24, 2.45) is 5.84 Å². The first-order valence-corrected chi connectivity index (χ1v) is 6.87. The fourth-order valence-corrected chi connectivity index (χ4v) is 1.81. The number of anilines is 1. The van der Waals surface area contributed by atoms with Crippen molar-refractivity contribution in [3.05, 3.63) is 22.3 Å². The second kappa shape index (κ2) is 7.20. The predicted molar refractivity (Wildman–Crippen MR) is 80.0 cm³/mol. The summed E-state index contributed by atoms with van der Waals surface area (Å²) in [6.07, 6.45) is 1.51. The average Bonchev–Trinajstić information content (AvgIpc) is 2.37. The highest BCUT2D eigenvalue weighted by Gasteiger charge is 2.19. The maximum Gasteiger partial charge on any atom is 0.255 e. The van der Waals surface area contributed by atoms with E-state index in [2.05, 4.69) is 37.0 Å². The van der Waals surface area contributed by atoms with Crippen LogP contribution in [0, 0.1) is 0 Å². The van der Waals surface area contributed by atoms with Gasteiger partial charge < -0.3 is 16.1 Å². The topological polar surface area (TPSA) is 109 Å². The monoisotopic (exact) mass is 343 g/mol. The van der Waals surface area contributed by atoms with Crippen molar-refractivity contribution in [1.29, 1.82) is 0 Å². The highest BCUT2D eigenvalue weighted by molar-refractivity contribution is 9.10. The Kier molecular flexibility index (Phi) is 5.90. The van der Waals surface area contributed by atoms with E-state index >= 15 is 0 Å². The molecule has 5 N–H and O–H groups in total. The number of amides is 2. The Bertz CT molecular complexity index is 507. The number of nitrogens with one attached hydrogen (secondary N) is 3. The summed E-state index contributed by atoms with van der Waals surface area (Å²) in [5.41, 5.74) is 2.60. The normalized spacial score (nSPS) is 11.9. The number of nitrogen functional groups attached to an aromatic ring is 1. The lowest BCUT2D eigenvalue weighted by Gasteiger charge is -2.16. The van der Waals surface area contributed by atoms with Gasteiger partial charge in [0.15, 0.2) is 5.82 Å². The van der Waals surface area contributed by atoms with E-state index in [1.54, 1.807) is 13.0 Å². The molecule has 0 spiro atoms. The quantitative estimate of drug-likeness (QED) is 0.466. The van der Waals surface area contributed by atoms with Gasteiger partial charge in [-0.15, -0.1) is 0 Å². The third-order valence-corrected chi connectivity index (χ3v) is 2.84. The van der Waals surface area contributed by atoms with Gasteiger partial charge in [0.2, 0.25) is 5.91 Å². The van der Waals surface area contributed by atoms with Crippen molar-refractivity contribution in [3.8, 4) is 0 Å². The Morgan fingerprint density at radius 1 is 1.30 bits per heavy atom. The van der Waals surface area contributed by atoms with Crippen LogP contribution in [0.3, 0.4) is 0 Å². The summed E-state index contributed by atoms with van der Waals surface area (Å²) in [6, 6.07) is 0.926. The maximum absolute atomic E-state index is 12.1. The Balaban J connectivity index is 2.81. The molecular weight excluding hydrogens is 326 g/mol. The number of rotatable bonds is 5. The van der Waals surface area contributed by atoms with Crippen LogP contribution in [0.25, 0.3) is 0 Å². The Labute approximate surface area is 125 Å². The Hall–Kier alpha value is -1.67. The van der Waals surface area contributed by atoms with Gasteiger partial charge in [-0.2, -0.15) is 0 Å². The number of carbonyl (C=O) groups is 2. The predicted octanol–water partition coefficient (Wildman–Crippen LogP) is 0.773. The SMILES string of the molecule is CC(C)NC(=O)C(C)NC(=O)c1cc(Br)cnc1NN. The summed E-state index contributed by atoms with van der Waals surface area (Å²) in [5.74, 6) is 4.86. The molecule has 0 saturated heterocycles. The molecule has 0 aliphatic heterocycles. The van der Waals surface area contributed by atoms with E-state index in [-0.39, 0.29) is 23.3 Å². The van der Waals surface area contributed by atoms with Gasteiger partial charge in [0.1, 0.15) is 6.04 Å². The lowest BCUT2D eigenvalue weighted by Crippen LogP contribution is -2.46. The van der Waals surface area contributed by atoms with Crippen molar-refractivity contribution in [3.63, 3.8) is 0 Å². The maximum atomic E-state index is 12.1. The molecule has 0 aromatic carbocycles. The number of pyridine rings is 1. The van der Waals surface area contributed by atoms with Crippen LogP contribution in [0.5, 0.6) is 0 Å². The Morgan fingerprint density at radius 3 is 2.50 bits per heavy atom. The summed E-state index contributed by atoms with van der Waals surface area (Å²) in [7, 11) is 0. The van der Waals surface area contributed by atoms with Gasteiger partial charge in [0.05, 0.1) is 5.56 Å². The number of carbonyl (C=O) groups excluding carboxylic acids is 2. The van der Waals surface area contributed by atoms with Crippen molar-refractivity contribution < 1.29 is 9.59 Å².